The fourth-order valence-electron chi connectivity index (χ4n) is 4.05. The van der Waals surface area contributed by atoms with Crippen LogP contribution in [0.15, 0.2) is 65.6 Å². The topological polar surface area (TPSA) is 66.8 Å². The third kappa shape index (κ3) is 4.07. The van der Waals surface area contributed by atoms with E-state index in [0.29, 0.717) is 17.0 Å². The van der Waals surface area contributed by atoms with E-state index in [-0.39, 0.29) is 16.7 Å². The molecule has 170 valence electrons. The Kier molecular flexibility index (Phi) is 5.89. The molecule has 1 saturated heterocycles. The second-order valence-corrected chi connectivity index (χ2v) is 10.1. The minimum absolute atomic E-state index is 0.104. The Labute approximate surface area is 197 Å². The summed E-state index contributed by atoms with van der Waals surface area (Å²) in [5, 5.41) is 13.4. The van der Waals surface area contributed by atoms with Crippen LogP contribution >= 0.6 is 11.3 Å². The van der Waals surface area contributed by atoms with E-state index in [1.807, 2.05) is 42.6 Å². The van der Waals surface area contributed by atoms with Crippen molar-refractivity contribution in [3.63, 3.8) is 0 Å². The molecule has 1 unspecified atom stereocenters. The average molecular weight is 462 g/mol. The van der Waals surface area contributed by atoms with Crippen LogP contribution in [-0.2, 0) is 15.0 Å². The zero-order valence-electron chi connectivity index (χ0n) is 19.4. The summed E-state index contributed by atoms with van der Waals surface area (Å²) in [5.41, 5.74) is 2.97. The number of amides is 1. The van der Waals surface area contributed by atoms with Gasteiger partial charge in [0.05, 0.1) is 12.7 Å². The molecule has 1 atom stereocenters. The first kappa shape index (κ1) is 22.8. The highest BCUT2D eigenvalue weighted by molar-refractivity contribution is 7.10. The molecule has 1 aliphatic heterocycles. The normalized spacial score (nSPS) is 18.1. The van der Waals surface area contributed by atoms with Crippen molar-refractivity contribution < 1.29 is 19.4 Å². The number of aliphatic hydroxyl groups is 1. The Balaban J connectivity index is 1.92. The lowest BCUT2D eigenvalue weighted by molar-refractivity contribution is -0.132. The molecule has 33 heavy (non-hydrogen) atoms. The minimum Gasteiger partial charge on any atom is -0.507 e. The number of benzene rings is 2. The van der Waals surface area contributed by atoms with Crippen molar-refractivity contribution in [3.05, 3.63) is 87.1 Å². The summed E-state index contributed by atoms with van der Waals surface area (Å²) in [6, 6.07) is 15.9. The third-order valence-electron chi connectivity index (χ3n) is 5.97. The van der Waals surface area contributed by atoms with Gasteiger partial charge in [0.15, 0.2) is 0 Å². The quantitative estimate of drug-likeness (QED) is 0.294. The van der Waals surface area contributed by atoms with Crippen molar-refractivity contribution in [1.29, 1.82) is 0 Å². The van der Waals surface area contributed by atoms with E-state index in [2.05, 4.69) is 20.8 Å². The van der Waals surface area contributed by atoms with Crippen molar-refractivity contribution in [2.45, 2.75) is 39.2 Å². The number of aliphatic hydroxyl groups excluding tert-OH is 1. The number of nitrogens with zero attached hydrogens (tertiary/aromatic N) is 1. The molecule has 0 radical (unpaired) electrons. The lowest BCUT2D eigenvalue weighted by Gasteiger charge is -2.25. The number of hydrogen-bond acceptors (Lipinski definition) is 5. The van der Waals surface area contributed by atoms with E-state index >= 15 is 0 Å². The summed E-state index contributed by atoms with van der Waals surface area (Å²) < 4.78 is 5.23. The first-order chi connectivity index (χ1) is 15.6. The van der Waals surface area contributed by atoms with Crippen LogP contribution in [-0.4, -0.2) is 23.9 Å². The number of thiophene rings is 1. The molecule has 1 N–H and O–H groups in total. The molecular weight excluding hydrogens is 434 g/mol. The van der Waals surface area contributed by atoms with E-state index < -0.39 is 17.7 Å². The van der Waals surface area contributed by atoms with Gasteiger partial charge in [-0.15, -0.1) is 11.3 Å². The average Bonchev–Trinajstić information content (AvgIpc) is 3.40. The molecule has 5 nitrogen and oxygen atoms in total. The van der Waals surface area contributed by atoms with Crippen LogP contribution in [0.5, 0.6) is 5.75 Å². The van der Waals surface area contributed by atoms with Gasteiger partial charge in [-0.1, -0.05) is 39.0 Å². The van der Waals surface area contributed by atoms with Crippen molar-refractivity contribution in [1.82, 2.24) is 0 Å². The Hall–Kier alpha value is -3.38. The highest BCUT2D eigenvalue weighted by atomic mass is 32.1. The molecule has 0 saturated carbocycles. The van der Waals surface area contributed by atoms with E-state index in [1.54, 1.807) is 31.4 Å². The van der Waals surface area contributed by atoms with Gasteiger partial charge in [0.1, 0.15) is 17.6 Å². The van der Waals surface area contributed by atoms with E-state index in [4.69, 9.17) is 4.74 Å². The molecule has 4 rings (SSSR count). The van der Waals surface area contributed by atoms with Gasteiger partial charge >= 0.3 is 0 Å². The number of methoxy groups -OCH3 is 1. The molecule has 0 spiro atoms. The number of carbonyl (C=O) groups is 2. The summed E-state index contributed by atoms with van der Waals surface area (Å²) in [6.45, 7) is 8.17. The standard InChI is InChI=1S/C27H27NO4S/c1-16-8-9-17(27(2,3)4)15-20(16)24(29)22-23(21-7-6-14-33-21)28(26(31)25(22)30)18-10-12-19(32-5)13-11-18/h6-15,23,29H,1-5H3/b24-22+. The highest BCUT2D eigenvalue weighted by Gasteiger charge is 2.47. The monoisotopic (exact) mass is 461 g/mol. The van der Waals surface area contributed by atoms with Crippen molar-refractivity contribution in [2.24, 2.45) is 0 Å². The molecule has 2 aromatic carbocycles. The van der Waals surface area contributed by atoms with Crippen LogP contribution in [0.25, 0.3) is 5.76 Å². The fraction of sp³-hybridized carbons (Fsp3) is 0.259. The maximum Gasteiger partial charge on any atom is 0.300 e. The smallest absolute Gasteiger partial charge is 0.300 e. The summed E-state index contributed by atoms with van der Waals surface area (Å²) in [7, 11) is 1.57. The number of aryl methyl sites for hydroxylation is 1. The molecule has 1 aromatic heterocycles. The number of carbonyl (C=O) groups excluding carboxylic acids is 2. The number of ketones is 1. The summed E-state index contributed by atoms with van der Waals surface area (Å²) in [5.74, 6) is -0.851. The Bertz CT molecular complexity index is 1230. The highest BCUT2D eigenvalue weighted by Crippen LogP contribution is 2.44. The number of anilines is 1. The molecule has 6 heteroatoms. The first-order valence-corrected chi connectivity index (χ1v) is 11.6. The molecule has 0 bridgehead atoms. The molecule has 1 fully saturated rings. The Morgan fingerprint density at radius 3 is 2.33 bits per heavy atom. The lowest BCUT2D eigenvalue weighted by atomic mass is 9.84. The van der Waals surface area contributed by atoms with E-state index in [0.717, 1.165) is 16.0 Å². The van der Waals surface area contributed by atoms with Gasteiger partial charge in [0.2, 0.25) is 0 Å². The van der Waals surface area contributed by atoms with Crippen molar-refractivity contribution in [3.8, 4) is 5.75 Å². The van der Waals surface area contributed by atoms with Crippen molar-refractivity contribution in [2.75, 3.05) is 12.0 Å². The van der Waals surface area contributed by atoms with Gasteiger partial charge in [0.25, 0.3) is 11.7 Å². The van der Waals surface area contributed by atoms with Gasteiger partial charge in [-0.3, -0.25) is 14.5 Å². The second kappa shape index (κ2) is 8.52. The van der Waals surface area contributed by atoms with E-state index in [1.165, 1.54) is 16.2 Å². The maximum absolute atomic E-state index is 13.3. The Morgan fingerprint density at radius 2 is 1.76 bits per heavy atom. The molecule has 2 heterocycles. The van der Waals surface area contributed by atoms with Gasteiger partial charge < -0.3 is 9.84 Å². The van der Waals surface area contributed by atoms with Crippen LogP contribution in [0.4, 0.5) is 5.69 Å². The molecule has 3 aromatic rings. The fourth-order valence-corrected chi connectivity index (χ4v) is 4.87. The van der Waals surface area contributed by atoms with Gasteiger partial charge in [-0.25, -0.2) is 0 Å². The van der Waals surface area contributed by atoms with Crippen LogP contribution in [0.2, 0.25) is 0 Å². The van der Waals surface area contributed by atoms with Crippen LogP contribution in [0, 0.1) is 6.92 Å². The largest absolute Gasteiger partial charge is 0.507 e. The zero-order valence-corrected chi connectivity index (χ0v) is 20.2. The molecule has 0 aliphatic carbocycles. The summed E-state index contributed by atoms with van der Waals surface area (Å²) >= 11 is 1.44. The van der Waals surface area contributed by atoms with Gasteiger partial charge in [-0.05, 0) is 65.2 Å². The molecule has 1 amide bonds. The molecule has 1 aliphatic rings. The van der Waals surface area contributed by atoms with Gasteiger partial charge in [0, 0.05) is 16.1 Å². The lowest BCUT2D eigenvalue weighted by Crippen LogP contribution is -2.29. The van der Waals surface area contributed by atoms with Crippen LogP contribution in [0.3, 0.4) is 0 Å². The predicted molar refractivity (Wildman–Crippen MR) is 132 cm³/mol. The molecular formula is C27H27NO4S. The predicted octanol–water partition coefficient (Wildman–Crippen LogP) is 5.99. The Morgan fingerprint density at radius 1 is 1.06 bits per heavy atom. The van der Waals surface area contributed by atoms with Crippen LogP contribution < -0.4 is 9.64 Å². The minimum atomic E-state index is -0.712. The summed E-state index contributed by atoms with van der Waals surface area (Å²) in [6.07, 6.45) is 0. The number of Topliss-reactive ketones (excluding diaryl/α,β-unsaturated/α-hetero) is 1. The van der Waals surface area contributed by atoms with Gasteiger partial charge in [-0.2, -0.15) is 0 Å². The maximum atomic E-state index is 13.3. The summed E-state index contributed by atoms with van der Waals surface area (Å²) in [4.78, 5) is 28.8. The SMILES string of the molecule is COc1ccc(N2C(=O)C(=O)/C(=C(/O)c3cc(C(C)(C)C)ccc3C)C2c2cccs2)cc1. The third-order valence-corrected chi connectivity index (χ3v) is 6.89. The van der Waals surface area contributed by atoms with E-state index in [9.17, 15) is 14.7 Å². The number of rotatable bonds is 4. The second-order valence-electron chi connectivity index (χ2n) is 9.16. The number of hydrogen-bond donors (Lipinski definition) is 1. The van der Waals surface area contributed by atoms with Crippen LogP contribution in [0.1, 0.15) is 48.4 Å². The number of ether oxygens (including phenoxy) is 1. The zero-order chi connectivity index (χ0) is 23.9. The van der Waals surface area contributed by atoms with Crippen molar-refractivity contribution >= 4 is 34.5 Å². The first-order valence-electron chi connectivity index (χ1n) is 10.7.